The van der Waals surface area contributed by atoms with Crippen LogP contribution in [0.15, 0.2) is 0 Å². The van der Waals surface area contributed by atoms with E-state index in [-0.39, 0.29) is 37.7 Å². The Hall–Kier alpha value is -1.12. The largest absolute Gasteiger partial charge is 2.00 e. The third kappa shape index (κ3) is 21.0. The molecule has 0 fully saturated rings. The van der Waals surface area contributed by atoms with Gasteiger partial charge in [-0.2, -0.15) is 16.8 Å². The van der Waals surface area contributed by atoms with Crippen molar-refractivity contribution in [3.8, 4) is 0 Å². The maximum absolute atomic E-state index is 10.4. The van der Waals surface area contributed by atoms with E-state index in [1.807, 2.05) is 0 Å². The van der Waals surface area contributed by atoms with Gasteiger partial charge in [0.1, 0.15) is 0 Å². The first-order chi connectivity index (χ1) is 11.4. The molecule has 0 aromatic rings. The fourth-order valence-corrected chi connectivity index (χ4v) is 1.44. The van der Waals surface area contributed by atoms with Crippen LogP contribution in [-0.4, -0.2) is 110 Å². The number of carboxylic acids is 2. The molecule has 0 aliphatic carbocycles. The number of carboxylic acid groups (broad SMARTS) is 2. The molecule has 2 unspecified atom stereocenters. The van der Waals surface area contributed by atoms with Crippen molar-refractivity contribution in [3.63, 3.8) is 0 Å². The Labute approximate surface area is 180 Å². The average Bonchev–Trinajstić information content (AvgIpc) is 2.33. The molecule has 0 spiro atoms. The average molecular weight is 466 g/mol. The molecule has 0 aromatic carbocycles. The van der Waals surface area contributed by atoms with Crippen molar-refractivity contribution in [2.24, 2.45) is 0 Å². The van der Waals surface area contributed by atoms with Gasteiger partial charge >= 0.3 is 70.5 Å². The summed E-state index contributed by atoms with van der Waals surface area (Å²) in [5.41, 5.74) is 0. The third-order valence-electron chi connectivity index (χ3n) is 1.64. The molecule has 4 N–H and O–H groups in total. The van der Waals surface area contributed by atoms with E-state index in [4.69, 9.17) is 19.3 Å². The van der Waals surface area contributed by atoms with Crippen LogP contribution in [-0.2, 0) is 48.3 Å². The van der Waals surface area contributed by atoms with Gasteiger partial charge in [0, 0.05) is 24.8 Å². The van der Waals surface area contributed by atoms with E-state index in [0.717, 1.165) is 0 Å². The van der Waals surface area contributed by atoms with Crippen molar-refractivity contribution in [1.82, 2.24) is 0 Å². The van der Waals surface area contributed by atoms with Gasteiger partial charge in [0.15, 0.2) is 12.2 Å². The quantitative estimate of drug-likeness (QED) is 0.191. The molecule has 0 aliphatic heterocycles. The SMILES string of the molecule is O=C([O-])CC(O)C(=O)OS(=O)(=O)O.O=C([O-])CC(O)C(=O)OS(=O)(=O)O.[Ca+2]. The van der Waals surface area contributed by atoms with Gasteiger partial charge in [-0.1, -0.05) is 0 Å². The Morgan fingerprint density at radius 3 is 1.11 bits per heavy atom. The molecule has 0 saturated heterocycles. The van der Waals surface area contributed by atoms with E-state index in [9.17, 15) is 46.2 Å². The fraction of sp³-hybridized carbons (Fsp3) is 0.500. The number of rotatable bonds is 8. The van der Waals surface area contributed by atoms with Crippen LogP contribution in [0.5, 0.6) is 0 Å². The molecule has 0 bridgehead atoms. The van der Waals surface area contributed by atoms with Crippen LogP contribution < -0.4 is 10.2 Å². The fourth-order valence-electron chi connectivity index (χ4n) is 0.801. The Morgan fingerprint density at radius 1 is 0.741 bits per heavy atom. The van der Waals surface area contributed by atoms with Crippen LogP contribution in [0.3, 0.4) is 0 Å². The van der Waals surface area contributed by atoms with Crippen LogP contribution in [0.2, 0.25) is 0 Å². The summed E-state index contributed by atoms with van der Waals surface area (Å²) in [5.74, 6) is -7.10. The number of hydrogen-bond donors (Lipinski definition) is 4. The maximum Gasteiger partial charge on any atom is 2.00 e. The molecule has 27 heavy (non-hydrogen) atoms. The van der Waals surface area contributed by atoms with Crippen LogP contribution >= 0.6 is 0 Å². The molecule has 0 amide bonds. The van der Waals surface area contributed by atoms with E-state index in [1.165, 1.54) is 0 Å². The summed E-state index contributed by atoms with van der Waals surface area (Å²) in [4.78, 5) is 40.4. The first-order valence-corrected chi connectivity index (χ1v) is 8.35. The normalized spacial score (nSPS) is 12.9. The molecular weight excluding hydrogens is 456 g/mol. The summed E-state index contributed by atoms with van der Waals surface area (Å²) in [5, 5.41) is 36.7. The van der Waals surface area contributed by atoms with E-state index in [2.05, 4.69) is 8.37 Å². The molecule has 0 radical (unpaired) electrons. The minimum atomic E-state index is -5.03. The first kappa shape index (κ1) is 30.6. The van der Waals surface area contributed by atoms with Crippen LogP contribution in [0.1, 0.15) is 12.8 Å². The summed E-state index contributed by atoms with van der Waals surface area (Å²) in [6.45, 7) is 0. The van der Waals surface area contributed by atoms with Crippen LogP contribution in [0.25, 0.3) is 0 Å². The molecule has 16 nitrogen and oxygen atoms in total. The zero-order valence-corrected chi connectivity index (χ0v) is 16.6. The van der Waals surface area contributed by atoms with Gasteiger partial charge in [-0.15, -0.1) is 0 Å². The number of aliphatic hydroxyl groups is 2. The topological polar surface area (TPSA) is 282 Å². The Bertz CT molecular complexity index is 674. The predicted octanol–water partition coefficient (Wildman–Crippen LogP) is -6.71. The Kier molecular flexibility index (Phi) is 14.9. The molecule has 0 aromatic heterocycles. The summed E-state index contributed by atoms with van der Waals surface area (Å²) in [7, 11) is -10.1. The van der Waals surface area contributed by atoms with Crippen LogP contribution in [0.4, 0.5) is 0 Å². The van der Waals surface area contributed by atoms with Gasteiger partial charge in [0.25, 0.3) is 0 Å². The summed E-state index contributed by atoms with van der Waals surface area (Å²) in [6, 6.07) is 0. The monoisotopic (exact) mass is 466 g/mol. The van der Waals surface area contributed by atoms with Gasteiger partial charge in [0.2, 0.25) is 0 Å². The first-order valence-electron chi connectivity index (χ1n) is 5.62. The smallest absolute Gasteiger partial charge is 0.550 e. The van der Waals surface area contributed by atoms with Crippen molar-refractivity contribution >= 4 is 82.4 Å². The van der Waals surface area contributed by atoms with Gasteiger partial charge in [-0.25, -0.2) is 9.59 Å². The molecular formula is C8H10CaO16S2. The van der Waals surface area contributed by atoms with Crippen molar-refractivity contribution in [1.29, 1.82) is 0 Å². The summed E-state index contributed by atoms with van der Waals surface area (Å²) < 4.78 is 61.8. The third-order valence-corrected chi connectivity index (χ3v) is 2.39. The molecule has 0 rings (SSSR count). The van der Waals surface area contributed by atoms with E-state index in [0.29, 0.717) is 0 Å². The minimum Gasteiger partial charge on any atom is -0.550 e. The second-order valence-electron chi connectivity index (χ2n) is 3.84. The number of aliphatic hydroxyl groups excluding tert-OH is 2. The zero-order chi connectivity index (χ0) is 21.3. The van der Waals surface area contributed by atoms with E-state index >= 15 is 0 Å². The van der Waals surface area contributed by atoms with Crippen LogP contribution in [0, 0.1) is 0 Å². The van der Waals surface area contributed by atoms with E-state index < -0.39 is 69.7 Å². The number of hydrogen-bond acceptors (Lipinski definition) is 14. The summed E-state index contributed by atoms with van der Waals surface area (Å²) >= 11 is 0. The maximum atomic E-state index is 10.4. The van der Waals surface area contributed by atoms with Crippen molar-refractivity contribution in [2.75, 3.05) is 0 Å². The zero-order valence-electron chi connectivity index (χ0n) is 12.8. The Balaban J connectivity index is -0.000000411. The molecule has 0 aliphatic rings. The molecule has 0 heterocycles. The number of aliphatic carboxylic acids is 2. The minimum absolute atomic E-state index is 0. The van der Waals surface area contributed by atoms with E-state index in [1.54, 1.807) is 0 Å². The van der Waals surface area contributed by atoms with Crippen molar-refractivity contribution in [3.05, 3.63) is 0 Å². The van der Waals surface area contributed by atoms with Gasteiger partial charge in [-0.3, -0.25) is 9.11 Å². The van der Waals surface area contributed by atoms with Gasteiger partial charge < -0.3 is 38.4 Å². The number of carbonyl (C=O) groups excluding carboxylic acids is 4. The number of carbonyl (C=O) groups is 4. The summed E-state index contributed by atoms with van der Waals surface area (Å²) in [6.07, 6.45) is -6.61. The Morgan fingerprint density at radius 2 is 0.963 bits per heavy atom. The predicted molar refractivity (Wildman–Crippen MR) is 72.3 cm³/mol. The molecule has 19 heteroatoms. The second kappa shape index (κ2) is 13.1. The molecule has 0 saturated carbocycles. The molecule has 2 atom stereocenters. The standard InChI is InChI=1S/2C4H6O8S.Ca/c2*5-2(1-3(6)7)4(8)12-13(9,10)11;/h2*2,5H,1H2,(H,6,7)(H,9,10,11);/q;;+2/p-2. The van der Waals surface area contributed by atoms with Crippen molar-refractivity contribution in [2.45, 2.75) is 25.0 Å². The second-order valence-corrected chi connectivity index (χ2v) is 5.89. The molecule has 152 valence electrons. The van der Waals surface area contributed by atoms with Gasteiger partial charge in [0.05, 0.1) is 0 Å². The van der Waals surface area contributed by atoms with Gasteiger partial charge in [-0.05, 0) is 0 Å². The van der Waals surface area contributed by atoms with Crippen molar-refractivity contribution < 1.29 is 73.9 Å².